The van der Waals surface area contributed by atoms with Crippen LogP contribution in [-0.4, -0.2) is 7.11 Å². The summed E-state index contributed by atoms with van der Waals surface area (Å²) in [6.07, 6.45) is -1.03. The van der Waals surface area contributed by atoms with Crippen LogP contribution in [0.4, 0.5) is 4.39 Å². The molecule has 0 radical (unpaired) electrons. The third kappa shape index (κ3) is 1.98. The first-order chi connectivity index (χ1) is 6.20. The highest BCUT2D eigenvalue weighted by molar-refractivity contribution is 5.42. The molecule has 1 atom stereocenters. The smallest absolute Gasteiger partial charge is 0.129 e. The van der Waals surface area contributed by atoms with Crippen LogP contribution >= 0.6 is 0 Å². The Balaban J connectivity index is 3.19. The normalized spacial score (nSPS) is 12.6. The largest absolute Gasteiger partial charge is 0.496 e. The number of para-hydroxylation sites is 1. The van der Waals surface area contributed by atoms with E-state index in [-0.39, 0.29) is 0 Å². The molecule has 0 amide bonds. The topological polar surface area (TPSA) is 35.2 Å². The second kappa shape index (κ2) is 4.23. The van der Waals surface area contributed by atoms with Crippen molar-refractivity contribution in [3.63, 3.8) is 0 Å². The van der Waals surface area contributed by atoms with Gasteiger partial charge >= 0.3 is 0 Å². The van der Waals surface area contributed by atoms with Crippen molar-refractivity contribution in [1.82, 2.24) is 0 Å². The van der Waals surface area contributed by atoms with Gasteiger partial charge in [0.15, 0.2) is 0 Å². The highest BCUT2D eigenvalue weighted by Gasteiger charge is 2.12. The molecule has 0 aliphatic carbocycles. The molecule has 0 saturated heterocycles. The summed E-state index contributed by atoms with van der Waals surface area (Å²) >= 11 is 0. The highest BCUT2D eigenvalue weighted by Crippen LogP contribution is 2.30. The number of methoxy groups -OCH3 is 1. The van der Waals surface area contributed by atoms with E-state index < -0.39 is 6.17 Å². The molecule has 0 heterocycles. The van der Waals surface area contributed by atoms with Crippen molar-refractivity contribution in [3.8, 4) is 5.75 Å². The molecule has 1 aromatic rings. The van der Waals surface area contributed by atoms with Crippen molar-refractivity contribution in [2.75, 3.05) is 7.11 Å². The van der Waals surface area contributed by atoms with Gasteiger partial charge in [-0.3, -0.25) is 0 Å². The molecule has 0 bridgehead atoms. The summed E-state index contributed by atoms with van der Waals surface area (Å²) in [4.78, 5) is 0. The number of benzene rings is 1. The Morgan fingerprint density at radius 1 is 1.54 bits per heavy atom. The Kier molecular flexibility index (Phi) is 3.25. The van der Waals surface area contributed by atoms with Crippen molar-refractivity contribution in [2.24, 2.45) is 5.73 Å². The lowest BCUT2D eigenvalue weighted by atomic mass is 10.1. The summed E-state index contributed by atoms with van der Waals surface area (Å²) in [5.41, 5.74) is 6.89. The predicted molar refractivity (Wildman–Crippen MR) is 50.4 cm³/mol. The number of hydrogen-bond donors (Lipinski definition) is 1. The minimum Gasteiger partial charge on any atom is -0.496 e. The number of ether oxygens (including phenoxy) is 1. The minimum atomic E-state index is -1.03. The summed E-state index contributed by atoms with van der Waals surface area (Å²) in [5.74, 6) is 0.569. The van der Waals surface area contributed by atoms with Gasteiger partial charge in [0, 0.05) is 17.7 Å². The molecule has 72 valence electrons. The number of nitrogens with two attached hydrogens (primary N) is 1. The van der Waals surface area contributed by atoms with Crippen molar-refractivity contribution < 1.29 is 9.13 Å². The third-order valence-electron chi connectivity index (χ3n) is 1.98. The molecule has 1 rings (SSSR count). The molecule has 13 heavy (non-hydrogen) atoms. The van der Waals surface area contributed by atoms with Crippen LogP contribution in [0.1, 0.15) is 24.2 Å². The fraction of sp³-hybridized carbons (Fsp3) is 0.400. The maximum absolute atomic E-state index is 13.1. The Bertz CT molecular complexity index is 286. The van der Waals surface area contributed by atoms with Gasteiger partial charge in [0.2, 0.25) is 0 Å². The Labute approximate surface area is 77.5 Å². The molecule has 2 N–H and O–H groups in total. The maximum Gasteiger partial charge on any atom is 0.129 e. The van der Waals surface area contributed by atoms with Gasteiger partial charge in [-0.2, -0.15) is 0 Å². The fourth-order valence-corrected chi connectivity index (χ4v) is 1.33. The van der Waals surface area contributed by atoms with E-state index in [0.29, 0.717) is 17.9 Å². The van der Waals surface area contributed by atoms with Crippen LogP contribution < -0.4 is 10.5 Å². The fourth-order valence-electron chi connectivity index (χ4n) is 1.33. The molecule has 0 saturated carbocycles. The molecular formula is C10H14FNO. The summed E-state index contributed by atoms with van der Waals surface area (Å²) in [6.45, 7) is 1.85. The number of rotatable bonds is 3. The van der Waals surface area contributed by atoms with Crippen LogP contribution in [0.5, 0.6) is 5.75 Å². The average molecular weight is 183 g/mol. The number of halogens is 1. The molecule has 1 unspecified atom stereocenters. The zero-order chi connectivity index (χ0) is 9.84. The average Bonchev–Trinajstić information content (AvgIpc) is 2.16. The molecular weight excluding hydrogens is 169 g/mol. The first kappa shape index (κ1) is 9.99. The molecule has 2 nitrogen and oxygen atoms in total. The van der Waals surface area contributed by atoms with Crippen molar-refractivity contribution in [3.05, 3.63) is 29.3 Å². The van der Waals surface area contributed by atoms with E-state index in [1.165, 1.54) is 14.0 Å². The molecule has 1 aromatic carbocycles. The Hall–Kier alpha value is -1.09. The van der Waals surface area contributed by atoms with Gasteiger partial charge in [-0.15, -0.1) is 0 Å². The predicted octanol–water partition coefficient (Wildman–Crippen LogP) is 2.18. The van der Waals surface area contributed by atoms with E-state index >= 15 is 0 Å². The molecule has 0 aliphatic heterocycles. The molecule has 0 aliphatic rings. The molecule has 3 heteroatoms. The van der Waals surface area contributed by atoms with Crippen molar-refractivity contribution >= 4 is 0 Å². The van der Waals surface area contributed by atoms with E-state index in [2.05, 4.69) is 0 Å². The van der Waals surface area contributed by atoms with E-state index in [4.69, 9.17) is 10.5 Å². The molecule has 0 aromatic heterocycles. The second-order valence-electron chi connectivity index (χ2n) is 2.86. The van der Waals surface area contributed by atoms with E-state index in [9.17, 15) is 4.39 Å². The SMILES string of the molecule is COc1c(CN)cccc1C(C)F. The minimum absolute atomic E-state index is 0.365. The van der Waals surface area contributed by atoms with Crippen LogP contribution in [0.15, 0.2) is 18.2 Å². The second-order valence-corrected chi connectivity index (χ2v) is 2.86. The highest BCUT2D eigenvalue weighted by atomic mass is 19.1. The zero-order valence-corrected chi connectivity index (χ0v) is 7.88. The zero-order valence-electron chi connectivity index (χ0n) is 7.88. The van der Waals surface area contributed by atoms with Crippen molar-refractivity contribution in [1.29, 1.82) is 0 Å². The van der Waals surface area contributed by atoms with Gasteiger partial charge < -0.3 is 10.5 Å². The van der Waals surface area contributed by atoms with Gasteiger partial charge in [0.25, 0.3) is 0 Å². The van der Waals surface area contributed by atoms with E-state index in [0.717, 1.165) is 5.56 Å². The Morgan fingerprint density at radius 2 is 2.23 bits per heavy atom. The van der Waals surface area contributed by atoms with Gasteiger partial charge in [-0.05, 0) is 6.92 Å². The monoisotopic (exact) mass is 183 g/mol. The van der Waals surface area contributed by atoms with Crippen LogP contribution in [0.25, 0.3) is 0 Å². The van der Waals surface area contributed by atoms with Crippen LogP contribution in [0.3, 0.4) is 0 Å². The van der Waals surface area contributed by atoms with E-state index in [1.807, 2.05) is 6.07 Å². The summed E-state index contributed by atoms with van der Waals surface area (Å²) in [5, 5.41) is 0. The lowest BCUT2D eigenvalue weighted by Gasteiger charge is -2.12. The summed E-state index contributed by atoms with van der Waals surface area (Å²) in [6, 6.07) is 5.34. The number of hydrogen-bond acceptors (Lipinski definition) is 2. The van der Waals surface area contributed by atoms with E-state index in [1.54, 1.807) is 12.1 Å². The van der Waals surface area contributed by atoms with Gasteiger partial charge in [0.05, 0.1) is 7.11 Å². The lowest BCUT2D eigenvalue weighted by molar-refractivity contribution is 0.344. The first-order valence-corrected chi connectivity index (χ1v) is 4.20. The lowest BCUT2D eigenvalue weighted by Crippen LogP contribution is -2.02. The molecule has 0 fully saturated rings. The maximum atomic E-state index is 13.1. The van der Waals surface area contributed by atoms with Crippen LogP contribution in [-0.2, 0) is 6.54 Å². The van der Waals surface area contributed by atoms with Gasteiger partial charge in [0.1, 0.15) is 11.9 Å². The van der Waals surface area contributed by atoms with Gasteiger partial charge in [-0.1, -0.05) is 18.2 Å². The Morgan fingerprint density at radius 3 is 2.69 bits per heavy atom. The molecule has 0 spiro atoms. The van der Waals surface area contributed by atoms with Crippen LogP contribution in [0.2, 0.25) is 0 Å². The standard InChI is InChI=1S/C10H14FNO/c1-7(11)9-5-3-4-8(6-12)10(9)13-2/h3-5,7H,6,12H2,1-2H3. The van der Waals surface area contributed by atoms with Crippen LogP contribution in [0, 0.1) is 0 Å². The van der Waals surface area contributed by atoms with Gasteiger partial charge in [-0.25, -0.2) is 4.39 Å². The number of alkyl halides is 1. The summed E-state index contributed by atoms with van der Waals surface area (Å²) in [7, 11) is 1.53. The van der Waals surface area contributed by atoms with Crippen molar-refractivity contribution in [2.45, 2.75) is 19.6 Å². The quantitative estimate of drug-likeness (QED) is 0.779. The first-order valence-electron chi connectivity index (χ1n) is 4.20. The third-order valence-corrected chi connectivity index (χ3v) is 1.98. The summed E-state index contributed by atoms with van der Waals surface area (Å²) < 4.78 is 18.2.